The average Bonchev–Trinajstić information content (AvgIpc) is 3.15. The molecule has 0 aliphatic heterocycles. The summed E-state index contributed by atoms with van der Waals surface area (Å²) in [5, 5.41) is 2.94. The Hall–Kier alpha value is -3.08. The van der Waals surface area contributed by atoms with Crippen molar-refractivity contribution in [3.05, 3.63) is 78.1 Å². The van der Waals surface area contributed by atoms with Crippen LogP contribution in [0.5, 0.6) is 0 Å². The van der Waals surface area contributed by atoms with Crippen LogP contribution in [0.2, 0.25) is 0 Å². The number of nitrogens with zero attached hydrogens (tertiary/aromatic N) is 1. The molecule has 1 atom stereocenters. The summed E-state index contributed by atoms with van der Waals surface area (Å²) in [6.45, 7) is 4.34. The molecule has 5 heteroatoms. The molecule has 134 valence electrons. The number of rotatable bonds is 6. The molecule has 26 heavy (non-hydrogen) atoms. The number of imidazole rings is 1. The minimum Gasteiger partial charge on any atom is -0.445 e. The highest BCUT2D eigenvalue weighted by Crippen LogP contribution is 2.23. The molecule has 1 heterocycles. The molecule has 0 saturated carbocycles. The predicted octanol–water partition coefficient (Wildman–Crippen LogP) is 4.70. The Morgan fingerprint density at radius 3 is 2.38 bits per heavy atom. The number of hydrogen-bond donors (Lipinski definition) is 2. The number of amides is 1. The first-order valence-corrected chi connectivity index (χ1v) is 8.71. The van der Waals surface area contributed by atoms with Gasteiger partial charge >= 0.3 is 6.09 Å². The van der Waals surface area contributed by atoms with E-state index in [1.165, 1.54) is 0 Å². The highest BCUT2D eigenvalue weighted by atomic mass is 16.5. The number of alkyl carbamates (subject to hydrolysis) is 1. The van der Waals surface area contributed by atoms with Crippen molar-refractivity contribution in [3.63, 3.8) is 0 Å². The quantitative estimate of drug-likeness (QED) is 0.678. The van der Waals surface area contributed by atoms with Gasteiger partial charge in [-0.3, -0.25) is 0 Å². The summed E-state index contributed by atoms with van der Waals surface area (Å²) in [5.41, 5.74) is 2.82. The number of nitrogens with one attached hydrogen (secondary N) is 2. The van der Waals surface area contributed by atoms with E-state index in [1.807, 2.05) is 74.5 Å². The molecular weight excluding hydrogens is 326 g/mol. The van der Waals surface area contributed by atoms with Crippen LogP contribution in [0.4, 0.5) is 4.79 Å². The number of aromatic nitrogens is 2. The topological polar surface area (TPSA) is 67.0 Å². The summed E-state index contributed by atoms with van der Waals surface area (Å²) in [6, 6.07) is 19.3. The van der Waals surface area contributed by atoms with Crippen molar-refractivity contribution in [3.8, 4) is 11.4 Å². The second kappa shape index (κ2) is 8.34. The van der Waals surface area contributed by atoms with Crippen molar-refractivity contribution in [2.24, 2.45) is 5.92 Å². The van der Waals surface area contributed by atoms with E-state index in [-0.39, 0.29) is 18.6 Å². The van der Waals surface area contributed by atoms with Gasteiger partial charge in [0.05, 0.1) is 17.9 Å². The van der Waals surface area contributed by atoms with Crippen molar-refractivity contribution in [2.45, 2.75) is 26.5 Å². The number of carbonyl (C=O) groups excluding carboxylic acids is 1. The number of ether oxygens (including phenoxy) is 1. The van der Waals surface area contributed by atoms with Crippen LogP contribution in [0.15, 0.2) is 66.9 Å². The summed E-state index contributed by atoms with van der Waals surface area (Å²) in [4.78, 5) is 20.0. The fourth-order valence-electron chi connectivity index (χ4n) is 2.73. The van der Waals surface area contributed by atoms with Gasteiger partial charge in [-0.05, 0) is 11.5 Å². The Morgan fingerprint density at radius 1 is 1.08 bits per heavy atom. The van der Waals surface area contributed by atoms with E-state index in [0.717, 1.165) is 22.6 Å². The van der Waals surface area contributed by atoms with E-state index < -0.39 is 6.09 Å². The van der Waals surface area contributed by atoms with Crippen molar-refractivity contribution < 1.29 is 9.53 Å². The van der Waals surface area contributed by atoms with Crippen LogP contribution in [-0.4, -0.2) is 16.1 Å². The molecule has 0 saturated heterocycles. The van der Waals surface area contributed by atoms with E-state index >= 15 is 0 Å². The van der Waals surface area contributed by atoms with Crippen LogP contribution in [0.3, 0.4) is 0 Å². The molecule has 0 fully saturated rings. The molecule has 2 aromatic carbocycles. The molecule has 0 bridgehead atoms. The van der Waals surface area contributed by atoms with Gasteiger partial charge < -0.3 is 15.0 Å². The summed E-state index contributed by atoms with van der Waals surface area (Å²) >= 11 is 0. The van der Waals surface area contributed by atoms with Crippen molar-refractivity contribution >= 4 is 6.09 Å². The van der Waals surface area contributed by atoms with Crippen LogP contribution in [0.1, 0.15) is 31.1 Å². The van der Waals surface area contributed by atoms with Crippen molar-refractivity contribution in [2.75, 3.05) is 0 Å². The summed E-state index contributed by atoms with van der Waals surface area (Å²) in [6.07, 6.45) is 1.33. The monoisotopic (exact) mass is 349 g/mol. The molecule has 3 aromatic rings. The lowest BCUT2D eigenvalue weighted by atomic mass is 10.0. The Labute approximate surface area is 153 Å². The van der Waals surface area contributed by atoms with E-state index in [4.69, 9.17) is 4.74 Å². The Balaban J connectivity index is 1.66. The number of carbonyl (C=O) groups is 1. The second-order valence-corrected chi connectivity index (χ2v) is 6.48. The number of benzene rings is 2. The van der Waals surface area contributed by atoms with Gasteiger partial charge in [0.25, 0.3) is 0 Å². The van der Waals surface area contributed by atoms with Gasteiger partial charge in [-0.15, -0.1) is 0 Å². The highest BCUT2D eigenvalue weighted by molar-refractivity contribution is 5.68. The number of aromatic amines is 1. The molecule has 5 nitrogen and oxygen atoms in total. The summed E-state index contributed by atoms with van der Waals surface area (Å²) in [5.74, 6) is 0.967. The van der Waals surface area contributed by atoms with Crippen molar-refractivity contribution in [1.82, 2.24) is 15.3 Å². The zero-order chi connectivity index (χ0) is 18.4. The van der Waals surface area contributed by atoms with Gasteiger partial charge in [-0.1, -0.05) is 74.5 Å². The number of hydrogen-bond acceptors (Lipinski definition) is 3. The Morgan fingerprint density at radius 2 is 1.73 bits per heavy atom. The third kappa shape index (κ3) is 4.51. The van der Waals surface area contributed by atoms with E-state index in [0.29, 0.717) is 0 Å². The molecule has 0 unspecified atom stereocenters. The predicted molar refractivity (Wildman–Crippen MR) is 101 cm³/mol. The maximum atomic E-state index is 12.2. The number of H-pyrrole nitrogens is 1. The van der Waals surface area contributed by atoms with Crippen LogP contribution < -0.4 is 5.32 Å². The molecule has 3 rings (SSSR count). The molecule has 2 N–H and O–H groups in total. The molecule has 0 aliphatic rings. The molecule has 0 spiro atoms. The Bertz CT molecular complexity index is 829. The fraction of sp³-hybridized carbons (Fsp3) is 0.238. The summed E-state index contributed by atoms with van der Waals surface area (Å²) in [7, 11) is 0. The first kappa shape index (κ1) is 17.7. The molecule has 1 aromatic heterocycles. The third-order valence-corrected chi connectivity index (χ3v) is 4.13. The zero-order valence-electron chi connectivity index (χ0n) is 15.0. The zero-order valence-corrected chi connectivity index (χ0v) is 15.0. The SMILES string of the molecule is CC(C)[C@H](NC(=O)OCc1ccccc1)c1cnc(-c2ccccc2)[nH]1. The maximum absolute atomic E-state index is 12.2. The Kier molecular flexibility index (Phi) is 5.69. The minimum atomic E-state index is -0.441. The standard InChI is InChI=1S/C21H23N3O2/c1-15(2)19(24-21(25)26-14-16-9-5-3-6-10-16)18-13-22-20(23-18)17-11-7-4-8-12-17/h3-13,15,19H,14H2,1-2H3,(H,22,23)(H,24,25)/t19-/m0/s1. The normalized spacial score (nSPS) is 12.0. The highest BCUT2D eigenvalue weighted by Gasteiger charge is 2.21. The van der Waals surface area contributed by atoms with Crippen LogP contribution in [0.25, 0.3) is 11.4 Å². The molecule has 1 amide bonds. The molecular formula is C21H23N3O2. The second-order valence-electron chi connectivity index (χ2n) is 6.48. The van der Waals surface area contributed by atoms with Gasteiger partial charge in [0.2, 0.25) is 0 Å². The van der Waals surface area contributed by atoms with Crippen LogP contribution in [0, 0.1) is 5.92 Å². The smallest absolute Gasteiger partial charge is 0.408 e. The fourth-order valence-corrected chi connectivity index (χ4v) is 2.73. The minimum absolute atomic E-state index is 0.184. The molecule has 0 radical (unpaired) electrons. The maximum Gasteiger partial charge on any atom is 0.408 e. The van der Waals surface area contributed by atoms with E-state index in [9.17, 15) is 4.79 Å². The first-order chi connectivity index (χ1) is 12.6. The third-order valence-electron chi connectivity index (χ3n) is 4.13. The van der Waals surface area contributed by atoms with Crippen LogP contribution >= 0.6 is 0 Å². The van der Waals surface area contributed by atoms with E-state index in [2.05, 4.69) is 15.3 Å². The van der Waals surface area contributed by atoms with Crippen molar-refractivity contribution in [1.29, 1.82) is 0 Å². The first-order valence-electron chi connectivity index (χ1n) is 8.71. The van der Waals surface area contributed by atoms with Gasteiger partial charge in [0, 0.05) is 5.56 Å². The average molecular weight is 349 g/mol. The van der Waals surface area contributed by atoms with E-state index in [1.54, 1.807) is 6.20 Å². The van der Waals surface area contributed by atoms with Gasteiger partial charge in [0.1, 0.15) is 12.4 Å². The summed E-state index contributed by atoms with van der Waals surface area (Å²) < 4.78 is 5.34. The van der Waals surface area contributed by atoms with Crippen LogP contribution in [-0.2, 0) is 11.3 Å². The largest absolute Gasteiger partial charge is 0.445 e. The lowest BCUT2D eigenvalue weighted by Gasteiger charge is -2.20. The molecule has 0 aliphatic carbocycles. The lowest BCUT2D eigenvalue weighted by Crippen LogP contribution is -2.32. The van der Waals surface area contributed by atoms with Gasteiger partial charge in [0.15, 0.2) is 0 Å². The lowest BCUT2D eigenvalue weighted by molar-refractivity contribution is 0.132. The van der Waals surface area contributed by atoms with Gasteiger partial charge in [-0.2, -0.15) is 0 Å². The van der Waals surface area contributed by atoms with Gasteiger partial charge in [-0.25, -0.2) is 9.78 Å².